The number of ether oxygens (including phenoxy) is 1. The SMILES string of the molecule is COc1cccc(N2C[C@@H](C(=O)Nc3ccc(Br)cc3C)CC2=O)c1. The number of amides is 2. The molecule has 1 atom stereocenters. The molecule has 1 fully saturated rings. The molecule has 0 bridgehead atoms. The summed E-state index contributed by atoms with van der Waals surface area (Å²) < 4.78 is 6.17. The van der Waals surface area contributed by atoms with Gasteiger partial charge in [-0.3, -0.25) is 9.59 Å². The van der Waals surface area contributed by atoms with E-state index in [1.54, 1.807) is 18.1 Å². The topological polar surface area (TPSA) is 58.6 Å². The van der Waals surface area contributed by atoms with Gasteiger partial charge in [0.15, 0.2) is 0 Å². The number of methoxy groups -OCH3 is 1. The molecule has 0 saturated carbocycles. The second-order valence-electron chi connectivity index (χ2n) is 6.06. The number of rotatable bonds is 4. The first-order chi connectivity index (χ1) is 12.0. The molecule has 1 aliphatic rings. The monoisotopic (exact) mass is 402 g/mol. The van der Waals surface area contributed by atoms with Gasteiger partial charge >= 0.3 is 0 Å². The van der Waals surface area contributed by atoms with Crippen LogP contribution in [-0.2, 0) is 9.59 Å². The van der Waals surface area contributed by atoms with E-state index in [1.807, 2.05) is 43.3 Å². The smallest absolute Gasteiger partial charge is 0.229 e. The van der Waals surface area contributed by atoms with Crippen molar-refractivity contribution in [1.29, 1.82) is 0 Å². The lowest BCUT2D eigenvalue weighted by Crippen LogP contribution is -2.28. The molecule has 5 nitrogen and oxygen atoms in total. The molecule has 3 rings (SSSR count). The summed E-state index contributed by atoms with van der Waals surface area (Å²) in [6.07, 6.45) is 0.207. The third-order valence-electron chi connectivity index (χ3n) is 4.31. The molecule has 0 spiro atoms. The van der Waals surface area contributed by atoms with Gasteiger partial charge < -0.3 is 15.0 Å². The molecule has 2 aromatic carbocycles. The minimum absolute atomic E-state index is 0.0547. The van der Waals surface area contributed by atoms with Crippen LogP contribution < -0.4 is 15.0 Å². The maximum Gasteiger partial charge on any atom is 0.229 e. The van der Waals surface area contributed by atoms with Crippen molar-refractivity contribution in [2.45, 2.75) is 13.3 Å². The molecule has 1 N–H and O–H groups in total. The fourth-order valence-corrected chi connectivity index (χ4v) is 3.39. The summed E-state index contributed by atoms with van der Waals surface area (Å²) in [5.41, 5.74) is 2.48. The number of aryl methyl sites for hydroxylation is 1. The van der Waals surface area contributed by atoms with Gasteiger partial charge in [-0.2, -0.15) is 0 Å². The van der Waals surface area contributed by atoms with Crippen LogP contribution >= 0.6 is 15.9 Å². The Bertz CT molecular complexity index is 822. The van der Waals surface area contributed by atoms with Gasteiger partial charge in [0.1, 0.15) is 5.75 Å². The summed E-state index contributed by atoms with van der Waals surface area (Å²) >= 11 is 3.41. The van der Waals surface area contributed by atoms with Crippen LogP contribution in [-0.4, -0.2) is 25.5 Å². The Morgan fingerprint density at radius 1 is 1.28 bits per heavy atom. The number of carbonyl (C=O) groups is 2. The molecule has 2 amide bonds. The lowest BCUT2D eigenvalue weighted by atomic mass is 10.1. The van der Waals surface area contributed by atoms with Crippen molar-refractivity contribution in [3.8, 4) is 5.75 Å². The first kappa shape index (κ1) is 17.5. The number of anilines is 2. The Hall–Kier alpha value is -2.34. The average molecular weight is 403 g/mol. The van der Waals surface area contributed by atoms with Crippen LogP contribution in [0.2, 0.25) is 0 Å². The summed E-state index contributed by atoms with van der Waals surface area (Å²) in [6.45, 7) is 2.30. The van der Waals surface area contributed by atoms with Crippen molar-refractivity contribution in [2.24, 2.45) is 5.92 Å². The maximum atomic E-state index is 12.6. The van der Waals surface area contributed by atoms with Crippen molar-refractivity contribution in [3.05, 3.63) is 52.5 Å². The van der Waals surface area contributed by atoms with Crippen LogP contribution in [0.3, 0.4) is 0 Å². The molecule has 130 valence electrons. The molecule has 0 unspecified atom stereocenters. The molecule has 0 aromatic heterocycles. The highest BCUT2D eigenvalue weighted by molar-refractivity contribution is 9.10. The highest BCUT2D eigenvalue weighted by atomic mass is 79.9. The number of nitrogens with zero attached hydrogens (tertiary/aromatic N) is 1. The first-order valence-corrected chi connectivity index (χ1v) is 8.78. The van der Waals surface area contributed by atoms with Crippen LogP contribution in [0.25, 0.3) is 0 Å². The molecule has 2 aromatic rings. The fraction of sp³-hybridized carbons (Fsp3) is 0.263. The number of hydrogen-bond acceptors (Lipinski definition) is 3. The summed E-state index contributed by atoms with van der Waals surface area (Å²) in [6, 6.07) is 13.0. The highest BCUT2D eigenvalue weighted by Crippen LogP contribution is 2.29. The Morgan fingerprint density at radius 3 is 2.80 bits per heavy atom. The largest absolute Gasteiger partial charge is 0.497 e. The zero-order valence-electron chi connectivity index (χ0n) is 14.1. The molecule has 1 heterocycles. The summed E-state index contributed by atoms with van der Waals surface area (Å²) in [7, 11) is 1.59. The predicted octanol–water partition coefficient (Wildman–Crippen LogP) is 3.76. The van der Waals surface area contributed by atoms with Gasteiger partial charge in [-0.05, 0) is 42.8 Å². The molecule has 1 aliphatic heterocycles. The van der Waals surface area contributed by atoms with Gasteiger partial charge in [-0.15, -0.1) is 0 Å². The van der Waals surface area contributed by atoms with Crippen LogP contribution in [0.1, 0.15) is 12.0 Å². The molecular weight excluding hydrogens is 384 g/mol. The van der Waals surface area contributed by atoms with E-state index < -0.39 is 0 Å². The summed E-state index contributed by atoms with van der Waals surface area (Å²) in [5.74, 6) is 0.121. The van der Waals surface area contributed by atoms with Crippen molar-refractivity contribution < 1.29 is 14.3 Å². The highest BCUT2D eigenvalue weighted by Gasteiger charge is 2.35. The van der Waals surface area contributed by atoms with Gasteiger partial charge in [0.25, 0.3) is 0 Å². The molecule has 0 aliphatic carbocycles. The summed E-state index contributed by atoms with van der Waals surface area (Å²) in [4.78, 5) is 26.6. The third-order valence-corrected chi connectivity index (χ3v) is 4.80. The fourth-order valence-electron chi connectivity index (χ4n) is 2.91. The van der Waals surface area contributed by atoms with Crippen LogP contribution in [0.4, 0.5) is 11.4 Å². The maximum absolute atomic E-state index is 12.6. The van der Waals surface area contributed by atoms with E-state index >= 15 is 0 Å². The Morgan fingerprint density at radius 2 is 2.08 bits per heavy atom. The van der Waals surface area contributed by atoms with Gasteiger partial charge in [0.2, 0.25) is 11.8 Å². The first-order valence-electron chi connectivity index (χ1n) is 7.99. The Kier molecular flexibility index (Phi) is 5.08. The Balaban J connectivity index is 1.72. The zero-order valence-corrected chi connectivity index (χ0v) is 15.7. The van der Waals surface area contributed by atoms with Gasteiger partial charge in [-0.25, -0.2) is 0 Å². The van der Waals surface area contributed by atoms with E-state index in [-0.39, 0.29) is 24.2 Å². The van der Waals surface area contributed by atoms with Gasteiger partial charge in [-0.1, -0.05) is 22.0 Å². The van der Waals surface area contributed by atoms with Crippen LogP contribution in [0.5, 0.6) is 5.75 Å². The number of hydrogen-bond donors (Lipinski definition) is 1. The molecule has 6 heteroatoms. The second kappa shape index (κ2) is 7.27. The Labute approximate surface area is 155 Å². The number of halogens is 1. The van der Waals surface area contributed by atoms with E-state index in [4.69, 9.17) is 4.74 Å². The van der Waals surface area contributed by atoms with Crippen molar-refractivity contribution in [2.75, 3.05) is 23.9 Å². The van der Waals surface area contributed by atoms with Crippen LogP contribution in [0, 0.1) is 12.8 Å². The lowest BCUT2D eigenvalue weighted by Gasteiger charge is -2.17. The van der Waals surface area contributed by atoms with E-state index in [1.165, 1.54) is 0 Å². The number of benzene rings is 2. The number of nitrogens with one attached hydrogen (secondary N) is 1. The normalized spacial score (nSPS) is 16.8. The minimum atomic E-state index is -0.373. The van der Waals surface area contributed by atoms with E-state index in [2.05, 4.69) is 21.2 Å². The zero-order chi connectivity index (χ0) is 18.0. The number of carbonyl (C=O) groups excluding carboxylic acids is 2. The van der Waals surface area contributed by atoms with Gasteiger partial charge in [0, 0.05) is 34.9 Å². The van der Waals surface area contributed by atoms with E-state index in [0.717, 1.165) is 21.4 Å². The minimum Gasteiger partial charge on any atom is -0.497 e. The van der Waals surface area contributed by atoms with E-state index in [0.29, 0.717) is 12.3 Å². The van der Waals surface area contributed by atoms with Gasteiger partial charge in [0.05, 0.1) is 13.0 Å². The molecule has 0 radical (unpaired) electrons. The standard InChI is InChI=1S/C19H19BrN2O3/c1-12-8-14(20)6-7-17(12)21-19(24)13-9-18(23)22(11-13)15-4-3-5-16(10-15)25-2/h3-8,10,13H,9,11H2,1-2H3,(H,21,24)/t13-/m0/s1. The van der Waals surface area contributed by atoms with Crippen molar-refractivity contribution >= 4 is 39.1 Å². The second-order valence-corrected chi connectivity index (χ2v) is 6.97. The van der Waals surface area contributed by atoms with Crippen LogP contribution in [0.15, 0.2) is 46.9 Å². The summed E-state index contributed by atoms with van der Waals surface area (Å²) in [5, 5.41) is 2.93. The lowest BCUT2D eigenvalue weighted by molar-refractivity contribution is -0.122. The average Bonchev–Trinajstić information content (AvgIpc) is 2.99. The molecule has 25 heavy (non-hydrogen) atoms. The molecular formula is C19H19BrN2O3. The predicted molar refractivity (Wildman–Crippen MR) is 101 cm³/mol. The third kappa shape index (κ3) is 3.85. The van der Waals surface area contributed by atoms with E-state index in [9.17, 15) is 9.59 Å². The van der Waals surface area contributed by atoms with Crippen molar-refractivity contribution in [1.82, 2.24) is 0 Å². The van der Waals surface area contributed by atoms with Crippen molar-refractivity contribution in [3.63, 3.8) is 0 Å². The molecule has 1 saturated heterocycles. The quantitative estimate of drug-likeness (QED) is 0.846.